The molecule has 1 aromatic carbocycles. The van der Waals surface area contributed by atoms with Gasteiger partial charge in [-0.2, -0.15) is 0 Å². The van der Waals surface area contributed by atoms with Crippen LogP contribution in [0.5, 0.6) is 0 Å². The molecule has 92 valence electrons. The molecule has 0 spiro atoms. The predicted molar refractivity (Wildman–Crippen MR) is 69.1 cm³/mol. The Morgan fingerprint density at radius 1 is 1.47 bits per heavy atom. The highest BCUT2D eigenvalue weighted by Gasteiger charge is 2.07. The lowest BCUT2D eigenvalue weighted by atomic mass is 10.1. The number of hydrogen-bond donors (Lipinski definition) is 2. The van der Waals surface area contributed by atoms with Gasteiger partial charge in [-0.3, -0.25) is 4.79 Å². The molecule has 0 aromatic heterocycles. The van der Waals surface area contributed by atoms with Gasteiger partial charge in [-0.05, 0) is 43.8 Å². The van der Waals surface area contributed by atoms with Crippen LogP contribution >= 0.6 is 12.2 Å². The van der Waals surface area contributed by atoms with E-state index in [1.54, 1.807) is 12.1 Å². The highest BCUT2D eigenvalue weighted by atomic mass is 32.1. The van der Waals surface area contributed by atoms with Gasteiger partial charge in [0.2, 0.25) is 5.91 Å². The second-order valence-corrected chi connectivity index (χ2v) is 4.39. The van der Waals surface area contributed by atoms with Crippen molar-refractivity contribution in [1.82, 2.24) is 10.6 Å². The molecule has 0 radical (unpaired) electrons. The van der Waals surface area contributed by atoms with Crippen molar-refractivity contribution in [2.45, 2.75) is 26.3 Å². The van der Waals surface area contributed by atoms with Crippen molar-refractivity contribution >= 4 is 23.2 Å². The summed E-state index contributed by atoms with van der Waals surface area (Å²) < 4.78 is 12.9. The van der Waals surface area contributed by atoms with Crippen LogP contribution in [-0.4, -0.2) is 17.1 Å². The summed E-state index contributed by atoms with van der Waals surface area (Å²) >= 11 is 4.93. The summed E-state index contributed by atoms with van der Waals surface area (Å²) in [6.07, 6.45) is 0.109. The summed E-state index contributed by atoms with van der Waals surface area (Å²) in [5.41, 5.74) is 0.620. The van der Waals surface area contributed by atoms with Crippen LogP contribution in [0.3, 0.4) is 0 Å². The number of rotatable bonds is 3. The molecule has 0 bridgehead atoms. The fourth-order valence-electron chi connectivity index (χ4n) is 1.30. The van der Waals surface area contributed by atoms with Crippen molar-refractivity contribution in [3.63, 3.8) is 0 Å². The topological polar surface area (TPSA) is 41.1 Å². The zero-order chi connectivity index (χ0) is 12.8. The van der Waals surface area contributed by atoms with Crippen molar-refractivity contribution in [3.05, 3.63) is 35.6 Å². The number of carbonyl (C=O) groups is 1. The fraction of sp³-hybridized carbons (Fsp3) is 0.333. The van der Waals surface area contributed by atoms with Gasteiger partial charge in [0.1, 0.15) is 5.82 Å². The Labute approximate surface area is 105 Å². The monoisotopic (exact) mass is 254 g/mol. The molecule has 5 heteroatoms. The van der Waals surface area contributed by atoms with Crippen molar-refractivity contribution in [2.75, 3.05) is 0 Å². The van der Waals surface area contributed by atoms with Crippen LogP contribution in [0.25, 0.3) is 0 Å². The molecule has 0 heterocycles. The molecule has 2 N–H and O–H groups in total. The van der Waals surface area contributed by atoms with Crippen LogP contribution in [-0.2, 0) is 11.2 Å². The molecule has 1 amide bonds. The minimum atomic E-state index is -0.349. The van der Waals surface area contributed by atoms with E-state index in [-0.39, 0.29) is 24.2 Å². The van der Waals surface area contributed by atoms with Gasteiger partial charge >= 0.3 is 0 Å². The first-order valence-electron chi connectivity index (χ1n) is 5.32. The normalized spacial score (nSPS) is 10.1. The molecule has 0 saturated carbocycles. The minimum absolute atomic E-state index is 0.109. The number of carbonyl (C=O) groups excluding carboxylic acids is 1. The summed E-state index contributed by atoms with van der Waals surface area (Å²) in [6.45, 7) is 3.84. The van der Waals surface area contributed by atoms with E-state index in [0.29, 0.717) is 10.7 Å². The van der Waals surface area contributed by atoms with Crippen LogP contribution in [0, 0.1) is 5.82 Å². The molecule has 0 atom stereocenters. The van der Waals surface area contributed by atoms with E-state index in [9.17, 15) is 9.18 Å². The number of amides is 1. The van der Waals surface area contributed by atoms with Crippen molar-refractivity contribution in [1.29, 1.82) is 0 Å². The Hall–Kier alpha value is -1.49. The minimum Gasteiger partial charge on any atom is -0.360 e. The van der Waals surface area contributed by atoms with Gasteiger partial charge in [-0.1, -0.05) is 12.1 Å². The smallest absolute Gasteiger partial charge is 0.230 e. The lowest BCUT2D eigenvalue weighted by Gasteiger charge is -2.11. The lowest BCUT2D eigenvalue weighted by molar-refractivity contribution is -0.119. The Morgan fingerprint density at radius 3 is 2.76 bits per heavy atom. The van der Waals surface area contributed by atoms with E-state index in [1.807, 2.05) is 13.8 Å². The van der Waals surface area contributed by atoms with E-state index >= 15 is 0 Å². The van der Waals surface area contributed by atoms with Crippen LogP contribution in [0.1, 0.15) is 19.4 Å². The molecule has 0 unspecified atom stereocenters. The molecule has 0 aliphatic rings. The number of thiocarbonyl (C=S) groups is 1. The fourth-order valence-corrected chi connectivity index (χ4v) is 1.65. The molecule has 0 fully saturated rings. The Kier molecular flexibility index (Phi) is 5.03. The van der Waals surface area contributed by atoms with Crippen molar-refractivity contribution in [3.8, 4) is 0 Å². The van der Waals surface area contributed by atoms with E-state index in [4.69, 9.17) is 12.2 Å². The zero-order valence-electron chi connectivity index (χ0n) is 9.79. The number of benzene rings is 1. The Balaban J connectivity index is 2.47. The van der Waals surface area contributed by atoms with Gasteiger partial charge in [-0.15, -0.1) is 0 Å². The lowest BCUT2D eigenvalue weighted by Crippen LogP contribution is -2.42. The maximum absolute atomic E-state index is 12.9. The first kappa shape index (κ1) is 13.6. The largest absolute Gasteiger partial charge is 0.360 e. The third-order valence-corrected chi connectivity index (χ3v) is 2.15. The van der Waals surface area contributed by atoms with E-state index < -0.39 is 0 Å². The summed E-state index contributed by atoms with van der Waals surface area (Å²) in [5, 5.41) is 5.73. The molecule has 0 aliphatic heterocycles. The van der Waals surface area contributed by atoms with Gasteiger partial charge in [-0.25, -0.2) is 4.39 Å². The third kappa shape index (κ3) is 5.40. The third-order valence-electron chi connectivity index (χ3n) is 1.93. The van der Waals surface area contributed by atoms with Crippen molar-refractivity contribution in [2.24, 2.45) is 0 Å². The van der Waals surface area contributed by atoms with Crippen LogP contribution in [0.2, 0.25) is 0 Å². The number of nitrogens with one attached hydrogen (secondary N) is 2. The molecule has 3 nitrogen and oxygen atoms in total. The summed E-state index contributed by atoms with van der Waals surface area (Å²) in [7, 11) is 0. The Bertz CT molecular complexity index is 421. The molecular formula is C12H15FN2OS. The van der Waals surface area contributed by atoms with E-state index in [0.717, 1.165) is 0 Å². The maximum Gasteiger partial charge on any atom is 0.230 e. The summed E-state index contributed by atoms with van der Waals surface area (Å²) in [5.74, 6) is -0.605. The van der Waals surface area contributed by atoms with E-state index in [2.05, 4.69) is 10.6 Å². The number of halogens is 1. The standard InChI is InChI=1S/C12H15FN2OS/c1-8(2)14-12(17)15-11(16)7-9-4-3-5-10(13)6-9/h3-6,8H,7H2,1-2H3,(H2,14,15,16,17). The molecule has 0 aliphatic carbocycles. The SMILES string of the molecule is CC(C)NC(=S)NC(=O)Cc1cccc(F)c1. The van der Waals surface area contributed by atoms with Gasteiger partial charge in [0.05, 0.1) is 6.42 Å². The second-order valence-electron chi connectivity index (χ2n) is 3.98. The molecular weight excluding hydrogens is 239 g/mol. The molecule has 1 aromatic rings. The first-order chi connectivity index (χ1) is 7.97. The summed E-state index contributed by atoms with van der Waals surface area (Å²) in [6, 6.07) is 6.10. The first-order valence-corrected chi connectivity index (χ1v) is 5.73. The zero-order valence-corrected chi connectivity index (χ0v) is 10.6. The predicted octanol–water partition coefficient (Wildman–Crippen LogP) is 1.77. The number of hydrogen-bond acceptors (Lipinski definition) is 2. The van der Waals surface area contributed by atoms with Crippen LogP contribution in [0.4, 0.5) is 4.39 Å². The maximum atomic E-state index is 12.9. The van der Waals surface area contributed by atoms with Crippen LogP contribution in [0.15, 0.2) is 24.3 Å². The average molecular weight is 254 g/mol. The quantitative estimate of drug-likeness (QED) is 0.808. The summed E-state index contributed by atoms with van der Waals surface area (Å²) in [4.78, 5) is 11.6. The van der Waals surface area contributed by atoms with Gasteiger partial charge in [0, 0.05) is 6.04 Å². The van der Waals surface area contributed by atoms with E-state index in [1.165, 1.54) is 12.1 Å². The second kappa shape index (κ2) is 6.30. The van der Waals surface area contributed by atoms with Gasteiger partial charge in [0.25, 0.3) is 0 Å². The van der Waals surface area contributed by atoms with Gasteiger partial charge in [0.15, 0.2) is 5.11 Å². The van der Waals surface area contributed by atoms with Crippen LogP contribution < -0.4 is 10.6 Å². The highest BCUT2D eigenvalue weighted by molar-refractivity contribution is 7.80. The Morgan fingerprint density at radius 2 is 2.18 bits per heavy atom. The molecule has 1 rings (SSSR count). The van der Waals surface area contributed by atoms with Crippen molar-refractivity contribution < 1.29 is 9.18 Å². The highest BCUT2D eigenvalue weighted by Crippen LogP contribution is 2.03. The average Bonchev–Trinajstić information content (AvgIpc) is 2.14. The molecule has 0 saturated heterocycles. The molecule has 17 heavy (non-hydrogen) atoms. The van der Waals surface area contributed by atoms with Gasteiger partial charge < -0.3 is 10.6 Å².